The smallest absolute Gasteiger partial charge is 0.191 e. The molecule has 3 atom stereocenters. The second-order valence-electron chi connectivity index (χ2n) is 6.58. The molecule has 0 amide bonds. The van der Waals surface area contributed by atoms with Crippen LogP contribution in [-0.4, -0.2) is 41.4 Å². The Bertz CT molecular complexity index is 625. The highest BCUT2D eigenvalue weighted by atomic mass is 127. The summed E-state index contributed by atoms with van der Waals surface area (Å²) in [6.07, 6.45) is 4.27. The van der Waals surface area contributed by atoms with Gasteiger partial charge in [0.2, 0.25) is 0 Å². The highest BCUT2D eigenvalue weighted by Crippen LogP contribution is 2.23. The van der Waals surface area contributed by atoms with Gasteiger partial charge in [0.05, 0.1) is 7.11 Å². The van der Waals surface area contributed by atoms with Crippen LogP contribution in [-0.2, 0) is 17.3 Å². The van der Waals surface area contributed by atoms with E-state index in [1.54, 1.807) is 14.2 Å². The number of nitrogens with zero attached hydrogens (tertiary/aromatic N) is 1. The Hall–Kier alpha value is -0.830. The first kappa shape index (κ1) is 23.2. The van der Waals surface area contributed by atoms with E-state index < -0.39 is 10.8 Å². The van der Waals surface area contributed by atoms with Crippen LogP contribution in [0.15, 0.2) is 23.2 Å². The van der Waals surface area contributed by atoms with E-state index in [2.05, 4.69) is 28.6 Å². The van der Waals surface area contributed by atoms with Crippen molar-refractivity contribution in [2.45, 2.75) is 57.4 Å². The molecule has 1 aromatic rings. The molecule has 5 nitrogen and oxygen atoms in total. The molecule has 0 aliphatic heterocycles. The quantitative estimate of drug-likeness (QED) is 0.363. The molecule has 0 spiro atoms. The number of halogens is 1. The van der Waals surface area contributed by atoms with Crippen LogP contribution >= 0.6 is 24.0 Å². The van der Waals surface area contributed by atoms with Crippen molar-refractivity contribution in [2.24, 2.45) is 4.99 Å². The van der Waals surface area contributed by atoms with Gasteiger partial charge in [-0.2, -0.15) is 0 Å². The molecule has 3 unspecified atom stereocenters. The summed E-state index contributed by atoms with van der Waals surface area (Å²) in [4.78, 5) is 4.34. The lowest BCUT2D eigenvalue weighted by atomic mass is 9.95. The fourth-order valence-corrected chi connectivity index (χ4v) is 4.72. The molecule has 0 saturated heterocycles. The Balaban J connectivity index is 0.00000338. The van der Waals surface area contributed by atoms with Gasteiger partial charge < -0.3 is 15.4 Å². The number of methoxy groups -OCH3 is 1. The number of nitrogens with one attached hydrogen (secondary N) is 2. The van der Waals surface area contributed by atoms with E-state index in [1.807, 2.05) is 19.1 Å². The predicted octanol–water partition coefficient (Wildman–Crippen LogP) is 3.37. The molecular weight excluding hydrogens is 461 g/mol. The Kier molecular flexibility index (Phi) is 10.5. The largest absolute Gasteiger partial charge is 0.497 e. The summed E-state index contributed by atoms with van der Waals surface area (Å²) in [6.45, 7) is 4.76. The molecule has 2 N–H and O–H groups in total. The van der Waals surface area contributed by atoms with Gasteiger partial charge in [-0.05, 0) is 49.4 Å². The maximum Gasteiger partial charge on any atom is 0.191 e. The first-order valence-electron chi connectivity index (χ1n) is 9.04. The minimum Gasteiger partial charge on any atom is -0.497 e. The monoisotopic (exact) mass is 493 g/mol. The third-order valence-corrected chi connectivity index (χ3v) is 6.39. The Morgan fingerprint density at radius 1 is 1.35 bits per heavy atom. The maximum atomic E-state index is 12.1. The molecule has 0 bridgehead atoms. The zero-order valence-corrected chi connectivity index (χ0v) is 19.4. The molecule has 0 aromatic heterocycles. The lowest BCUT2D eigenvalue weighted by Gasteiger charge is -2.30. The second-order valence-corrected chi connectivity index (χ2v) is 8.59. The number of ether oxygens (including phenoxy) is 1. The second kappa shape index (κ2) is 11.8. The van der Waals surface area contributed by atoms with Crippen molar-refractivity contribution in [3.8, 4) is 5.75 Å². The van der Waals surface area contributed by atoms with Gasteiger partial charge in [0, 0.05) is 41.4 Å². The number of hydrogen-bond donors (Lipinski definition) is 2. The van der Waals surface area contributed by atoms with E-state index in [0.717, 1.165) is 48.7 Å². The van der Waals surface area contributed by atoms with Crippen molar-refractivity contribution in [1.29, 1.82) is 0 Å². The number of aryl methyl sites for hydroxylation is 1. The van der Waals surface area contributed by atoms with Crippen LogP contribution in [0.1, 0.15) is 43.7 Å². The molecule has 0 heterocycles. The molecule has 148 valence electrons. The van der Waals surface area contributed by atoms with Gasteiger partial charge in [-0.25, -0.2) is 0 Å². The average Bonchev–Trinajstić information content (AvgIpc) is 2.64. The SMILES string of the molecule is CCS(=O)C1CCCC(NC(=NC)NCc2cc(C)cc(OC)c2)C1.I. The fourth-order valence-electron chi connectivity index (χ4n) is 3.37. The molecule has 1 aromatic carbocycles. The van der Waals surface area contributed by atoms with Crippen molar-refractivity contribution in [2.75, 3.05) is 19.9 Å². The van der Waals surface area contributed by atoms with E-state index in [0.29, 0.717) is 17.8 Å². The van der Waals surface area contributed by atoms with E-state index in [4.69, 9.17) is 4.74 Å². The molecule has 1 saturated carbocycles. The van der Waals surface area contributed by atoms with Crippen molar-refractivity contribution in [3.63, 3.8) is 0 Å². The lowest BCUT2D eigenvalue weighted by molar-refractivity contribution is 0.412. The van der Waals surface area contributed by atoms with Gasteiger partial charge in [-0.3, -0.25) is 9.20 Å². The number of benzene rings is 1. The molecule has 2 rings (SSSR count). The third-order valence-electron chi connectivity index (χ3n) is 4.65. The summed E-state index contributed by atoms with van der Waals surface area (Å²) in [7, 11) is 2.77. The predicted molar refractivity (Wildman–Crippen MR) is 121 cm³/mol. The number of hydrogen-bond acceptors (Lipinski definition) is 3. The summed E-state index contributed by atoms with van der Waals surface area (Å²) < 4.78 is 17.4. The summed E-state index contributed by atoms with van der Waals surface area (Å²) in [5, 5.41) is 7.19. The molecule has 1 aliphatic carbocycles. The molecule has 26 heavy (non-hydrogen) atoms. The normalized spacial score (nSPS) is 21.5. The van der Waals surface area contributed by atoms with E-state index >= 15 is 0 Å². The molecule has 0 radical (unpaired) electrons. The highest BCUT2D eigenvalue weighted by Gasteiger charge is 2.25. The van der Waals surface area contributed by atoms with Crippen molar-refractivity contribution in [1.82, 2.24) is 10.6 Å². The zero-order valence-electron chi connectivity index (χ0n) is 16.2. The zero-order chi connectivity index (χ0) is 18.2. The van der Waals surface area contributed by atoms with Gasteiger partial charge >= 0.3 is 0 Å². The average molecular weight is 493 g/mol. The molecular formula is C19H32IN3O2S. The van der Waals surface area contributed by atoms with Gasteiger partial charge in [0.15, 0.2) is 5.96 Å². The van der Waals surface area contributed by atoms with E-state index in [-0.39, 0.29) is 24.0 Å². The van der Waals surface area contributed by atoms with Crippen molar-refractivity contribution < 1.29 is 8.95 Å². The van der Waals surface area contributed by atoms with Crippen LogP contribution in [0, 0.1) is 6.92 Å². The highest BCUT2D eigenvalue weighted by molar-refractivity contribution is 14.0. The van der Waals surface area contributed by atoms with E-state index in [9.17, 15) is 4.21 Å². The van der Waals surface area contributed by atoms with Gasteiger partial charge in [-0.15, -0.1) is 24.0 Å². The topological polar surface area (TPSA) is 62.7 Å². The Morgan fingerprint density at radius 3 is 2.77 bits per heavy atom. The Labute approximate surface area is 177 Å². The first-order chi connectivity index (χ1) is 12.0. The van der Waals surface area contributed by atoms with Gasteiger partial charge in [-0.1, -0.05) is 19.4 Å². The summed E-state index contributed by atoms with van der Waals surface area (Å²) >= 11 is 0. The minimum absolute atomic E-state index is 0. The van der Waals surface area contributed by atoms with Crippen LogP contribution in [0.4, 0.5) is 0 Å². The van der Waals surface area contributed by atoms with Crippen LogP contribution in [0.3, 0.4) is 0 Å². The first-order valence-corrected chi connectivity index (χ1v) is 10.4. The molecule has 1 fully saturated rings. The third kappa shape index (κ3) is 7.06. The number of aliphatic imine (C=N–C) groups is 1. The van der Waals surface area contributed by atoms with Crippen molar-refractivity contribution >= 4 is 40.7 Å². The number of rotatable bonds is 6. The number of guanidine groups is 1. The Morgan fingerprint density at radius 2 is 2.12 bits per heavy atom. The van der Waals surface area contributed by atoms with E-state index in [1.165, 1.54) is 5.56 Å². The summed E-state index contributed by atoms with van der Waals surface area (Å²) in [5.74, 6) is 2.42. The minimum atomic E-state index is -0.705. The molecule has 1 aliphatic rings. The standard InChI is InChI=1S/C19H31N3O2S.HI/c1-5-25(23)18-8-6-7-16(12-18)22-19(20-3)21-13-15-9-14(2)10-17(11-15)24-4;/h9-11,16,18H,5-8,12-13H2,1-4H3,(H2,20,21,22);1H. The fraction of sp³-hybridized carbons (Fsp3) is 0.632. The van der Waals surface area contributed by atoms with Crippen LogP contribution < -0.4 is 15.4 Å². The summed E-state index contributed by atoms with van der Waals surface area (Å²) in [5.41, 5.74) is 2.34. The lowest BCUT2D eigenvalue weighted by Crippen LogP contribution is -2.46. The van der Waals surface area contributed by atoms with Gasteiger partial charge in [0.25, 0.3) is 0 Å². The van der Waals surface area contributed by atoms with Crippen molar-refractivity contribution in [3.05, 3.63) is 29.3 Å². The summed E-state index contributed by atoms with van der Waals surface area (Å²) in [6, 6.07) is 6.54. The molecule has 7 heteroatoms. The van der Waals surface area contributed by atoms with Crippen LogP contribution in [0.5, 0.6) is 5.75 Å². The van der Waals surface area contributed by atoms with Gasteiger partial charge in [0.1, 0.15) is 5.75 Å². The maximum absolute atomic E-state index is 12.1. The van der Waals surface area contributed by atoms with Crippen LogP contribution in [0.2, 0.25) is 0 Å². The van der Waals surface area contributed by atoms with Crippen LogP contribution in [0.25, 0.3) is 0 Å².